The highest BCUT2D eigenvalue weighted by Gasteiger charge is 2.15. The number of nitrogens with zero attached hydrogens (tertiary/aromatic N) is 2. The maximum Gasteiger partial charge on any atom is 0.111 e. The summed E-state index contributed by atoms with van der Waals surface area (Å²) >= 11 is 4.71. The van der Waals surface area contributed by atoms with Crippen LogP contribution in [-0.2, 0) is 0 Å². The predicted molar refractivity (Wildman–Crippen MR) is 58.0 cm³/mol. The molecule has 0 spiro atoms. The minimum atomic E-state index is -0.665. The van der Waals surface area contributed by atoms with Crippen molar-refractivity contribution in [1.29, 1.82) is 0 Å². The van der Waals surface area contributed by atoms with Crippen LogP contribution >= 0.6 is 12.2 Å². The van der Waals surface area contributed by atoms with Gasteiger partial charge in [-0.3, -0.25) is 4.99 Å². The molecule has 5 N–H and O–H groups in total. The van der Waals surface area contributed by atoms with Crippen molar-refractivity contribution < 1.29 is 5.11 Å². The van der Waals surface area contributed by atoms with E-state index in [2.05, 4.69) is 9.98 Å². The Kier molecular flexibility index (Phi) is 5.99. The molecule has 0 aromatic heterocycles. The Morgan fingerprint density at radius 3 is 2.77 bits per heavy atom. The van der Waals surface area contributed by atoms with Gasteiger partial charge in [0, 0.05) is 5.92 Å². The molecule has 0 radical (unpaired) electrons. The van der Waals surface area contributed by atoms with Crippen molar-refractivity contribution in [3.05, 3.63) is 0 Å². The molecule has 0 saturated heterocycles. The van der Waals surface area contributed by atoms with Crippen LogP contribution in [-0.4, -0.2) is 35.4 Å². The van der Waals surface area contributed by atoms with Gasteiger partial charge >= 0.3 is 0 Å². The first-order valence-corrected chi connectivity index (χ1v) is 4.19. The Labute approximate surface area is 82.6 Å². The maximum atomic E-state index is 9.42. The zero-order valence-corrected chi connectivity index (χ0v) is 8.24. The second-order valence-electron chi connectivity index (χ2n) is 2.54. The van der Waals surface area contributed by atoms with Gasteiger partial charge in [-0.15, -0.1) is 0 Å². The minimum Gasteiger partial charge on any atom is -0.393 e. The quantitative estimate of drug-likeness (QED) is 0.311. The van der Waals surface area contributed by atoms with Crippen LogP contribution in [0.4, 0.5) is 0 Å². The molecule has 0 heterocycles. The van der Waals surface area contributed by atoms with Crippen LogP contribution in [0.15, 0.2) is 9.98 Å². The van der Waals surface area contributed by atoms with Crippen LogP contribution in [0.2, 0.25) is 0 Å². The monoisotopic (exact) mass is 202 g/mol. The summed E-state index contributed by atoms with van der Waals surface area (Å²) in [7, 11) is 0. The number of nitrogens with two attached hydrogens (primary N) is 2. The number of aliphatic hydroxyl groups excluding tert-OH is 1. The van der Waals surface area contributed by atoms with E-state index < -0.39 is 6.10 Å². The second-order valence-corrected chi connectivity index (χ2v) is 3.01. The average molecular weight is 202 g/mol. The smallest absolute Gasteiger partial charge is 0.111 e. The molecule has 0 amide bonds. The summed E-state index contributed by atoms with van der Waals surface area (Å²) in [4.78, 5) is 7.61. The van der Waals surface area contributed by atoms with E-state index in [4.69, 9.17) is 23.7 Å². The summed E-state index contributed by atoms with van der Waals surface area (Å²) < 4.78 is 0. The average Bonchev–Trinajstić information content (AvgIpc) is 2.10. The molecule has 5 nitrogen and oxygen atoms in total. The first-order valence-electron chi connectivity index (χ1n) is 3.78. The molecule has 2 unspecified atom stereocenters. The van der Waals surface area contributed by atoms with Crippen molar-refractivity contribution in [2.75, 3.05) is 6.54 Å². The van der Waals surface area contributed by atoms with Crippen molar-refractivity contribution >= 4 is 29.9 Å². The Morgan fingerprint density at radius 1 is 1.69 bits per heavy atom. The molecule has 6 heteroatoms. The highest BCUT2D eigenvalue weighted by Crippen LogP contribution is 2.03. The molecule has 0 aromatic carbocycles. The van der Waals surface area contributed by atoms with E-state index in [0.717, 1.165) is 6.34 Å². The van der Waals surface area contributed by atoms with Crippen molar-refractivity contribution in [3.63, 3.8) is 0 Å². The molecule has 0 aromatic rings. The fourth-order valence-corrected chi connectivity index (χ4v) is 0.746. The molecule has 2 atom stereocenters. The number of aliphatic imine (C=N–C) groups is 2. The Hall–Kier alpha value is -1.01. The summed E-state index contributed by atoms with van der Waals surface area (Å²) in [6.07, 6.45) is 1.73. The SMILES string of the molecule is CC(C(N)=S)C(O)CN=CN=CN. The highest BCUT2D eigenvalue weighted by molar-refractivity contribution is 7.80. The van der Waals surface area contributed by atoms with Gasteiger partial charge in [-0.1, -0.05) is 19.1 Å². The molecule has 0 aliphatic heterocycles. The largest absolute Gasteiger partial charge is 0.393 e. The van der Waals surface area contributed by atoms with Crippen molar-refractivity contribution in [1.82, 2.24) is 0 Å². The third-order valence-corrected chi connectivity index (χ3v) is 1.92. The van der Waals surface area contributed by atoms with E-state index in [1.807, 2.05) is 0 Å². The summed E-state index contributed by atoms with van der Waals surface area (Å²) in [5, 5.41) is 9.42. The van der Waals surface area contributed by atoms with Gasteiger partial charge < -0.3 is 16.6 Å². The fraction of sp³-hybridized carbons (Fsp3) is 0.571. The first kappa shape index (κ1) is 12.0. The zero-order valence-electron chi connectivity index (χ0n) is 7.42. The molecule has 13 heavy (non-hydrogen) atoms. The van der Waals surface area contributed by atoms with E-state index in [9.17, 15) is 5.11 Å². The van der Waals surface area contributed by atoms with Gasteiger partial charge in [0.15, 0.2) is 0 Å². The van der Waals surface area contributed by atoms with E-state index in [0.29, 0.717) is 0 Å². The lowest BCUT2D eigenvalue weighted by Crippen LogP contribution is -2.31. The van der Waals surface area contributed by atoms with Crippen molar-refractivity contribution in [2.45, 2.75) is 13.0 Å². The molecule has 0 fully saturated rings. The Morgan fingerprint density at radius 2 is 2.31 bits per heavy atom. The lowest BCUT2D eigenvalue weighted by atomic mass is 10.1. The van der Waals surface area contributed by atoms with Crippen LogP contribution in [0.5, 0.6) is 0 Å². The zero-order chi connectivity index (χ0) is 10.3. The van der Waals surface area contributed by atoms with Gasteiger partial charge in [0.2, 0.25) is 0 Å². The van der Waals surface area contributed by atoms with Crippen LogP contribution in [0.3, 0.4) is 0 Å². The second kappa shape index (κ2) is 6.50. The molecule has 0 aliphatic carbocycles. The fourth-order valence-electron chi connectivity index (χ4n) is 0.588. The van der Waals surface area contributed by atoms with E-state index in [-0.39, 0.29) is 17.5 Å². The summed E-state index contributed by atoms with van der Waals surface area (Å²) in [6, 6.07) is 0. The van der Waals surface area contributed by atoms with Crippen molar-refractivity contribution in [2.24, 2.45) is 27.4 Å². The maximum absolute atomic E-state index is 9.42. The predicted octanol–water partition coefficient (Wildman–Crippen LogP) is -0.715. The van der Waals surface area contributed by atoms with Crippen molar-refractivity contribution in [3.8, 4) is 0 Å². The minimum absolute atomic E-state index is 0.218. The van der Waals surface area contributed by atoms with Crippen LogP contribution < -0.4 is 11.5 Å². The molecule has 0 saturated carbocycles. The first-order chi connectivity index (χ1) is 6.09. The summed E-state index contributed by atoms with van der Waals surface area (Å²) in [5.41, 5.74) is 10.3. The van der Waals surface area contributed by atoms with Crippen LogP contribution in [0.25, 0.3) is 0 Å². The highest BCUT2D eigenvalue weighted by atomic mass is 32.1. The van der Waals surface area contributed by atoms with Gasteiger partial charge in [0.05, 0.1) is 24.0 Å². The van der Waals surface area contributed by atoms with E-state index >= 15 is 0 Å². The van der Waals surface area contributed by atoms with Gasteiger partial charge in [-0.05, 0) is 0 Å². The van der Waals surface area contributed by atoms with Gasteiger partial charge in [-0.2, -0.15) is 0 Å². The third-order valence-electron chi connectivity index (χ3n) is 1.55. The topological polar surface area (TPSA) is 97.0 Å². The Bertz CT molecular complexity index is 217. The molecular weight excluding hydrogens is 188 g/mol. The normalized spacial score (nSPS) is 16.5. The van der Waals surface area contributed by atoms with Crippen LogP contribution in [0.1, 0.15) is 6.92 Å². The Balaban J connectivity index is 3.86. The van der Waals surface area contributed by atoms with E-state index in [1.165, 1.54) is 6.34 Å². The molecule has 0 bridgehead atoms. The molecular formula is C7H14N4OS. The summed E-state index contributed by atoms with van der Waals surface area (Å²) in [5.74, 6) is -0.242. The van der Waals surface area contributed by atoms with Gasteiger partial charge in [0.1, 0.15) is 6.34 Å². The summed E-state index contributed by atoms with van der Waals surface area (Å²) in [6.45, 7) is 1.96. The van der Waals surface area contributed by atoms with Gasteiger partial charge in [0.25, 0.3) is 0 Å². The lowest BCUT2D eigenvalue weighted by molar-refractivity contribution is 0.155. The number of thiocarbonyl (C=S) groups is 1. The number of hydrogen-bond acceptors (Lipinski definition) is 3. The van der Waals surface area contributed by atoms with E-state index in [1.54, 1.807) is 6.92 Å². The standard InChI is InChI=1S/C7H14N4OS/c1-5(7(9)13)6(12)2-10-4-11-3-8/h3-6,12H,2H2,1H3,(H2,9,13)(H2,8,10,11). The molecule has 0 aliphatic rings. The molecule has 0 rings (SSSR count). The number of hydrogen-bond donors (Lipinski definition) is 3. The molecule has 74 valence electrons. The van der Waals surface area contributed by atoms with Gasteiger partial charge in [-0.25, -0.2) is 4.99 Å². The number of aliphatic hydroxyl groups is 1. The van der Waals surface area contributed by atoms with Crippen LogP contribution in [0, 0.1) is 5.92 Å². The third kappa shape index (κ3) is 5.26. The lowest BCUT2D eigenvalue weighted by Gasteiger charge is -2.14. The number of rotatable bonds is 5.